The molecule has 0 saturated heterocycles. The van der Waals surface area contributed by atoms with E-state index in [0.29, 0.717) is 12.0 Å². The number of aromatic nitrogens is 1. The second kappa shape index (κ2) is 6.02. The van der Waals surface area contributed by atoms with E-state index in [1.807, 2.05) is 12.3 Å². The number of hydrogen-bond donors (Lipinski definition) is 2. The topological polar surface area (TPSA) is 50.9 Å². The van der Waals surface area contributed by atoms with Crippen molar-refractivity contribution in [3.63, 3.8) is 0 Å². The smallest absolute Gasteiger partial charge is 0.0482 e. The van der Waals surface area contributed by atoms with Crippen LogP contribution in [-0.4, -0.2) is 11.0 Å². The van der Waals surface area contributed by atoms with E-state index in [1.165, 1.54) is 56.2 Å². The quantitative estimate of drug-likeness (QED) is 0.631. The molecule has 1 aromatic heterocycles. The molecule has 1 aromatic rings. The third-order valence-corrected chi connectivity index (χ3v) is 5.06. The molecule has 0 bridgehead atoms. The van der Waals surface area contributed by atoms with Gasteiger partial charge in [-0.25, -0.2) is 0 Å². The normalized spacial score (nSPS) is 24.6. The lowest BCUT2D eigenvalue weighted by Gasteiger charge is -2.24. The van der Waals surface area contributed by atoms with Crippen LogP contribution >= 0.6 is 0 Å². The Balaban J connectivity index is 1.62. The molecule has 1 heterocycles. The molecule has 0 radical (unpaired) electrons. The van der Waals surface area contributed by atoms with Crippen LogP contribution in [0.15, 0.2) is 18.3 Å². The molecule has 2 unspecified atom stereocenters. The monoisotopic (exact) mass is 259 g/mol. The summed E-state index contributed by atoms with van der Waals surface area (Å²) in [7, 11) is 0. The van der Waals surface area contributed by atoms with Crippen LogP contribution in [0.25, 0.3) is 0 Å². The average Bonchev–Trinajstić information content (AvgIpc) is 3.09. The summed E-state index contributed by atoms with van der Waals surface area (Å²) in [5, 5.41) is 0. The van der Waals surface area contributed by atoms with Crippen molar-refractivity contribution < 1.29 is 0 Å². The maximum Gasteiger partial charge on any atom is 0.0482 e. The number of hydrazine groups is 1. The Kier molecular flexibility index (Phi) is 4.14. The molecule has 104 valence electrons. The molecule has 2 aliphatic carbocycles. The highest BCUT2D eigenvalue weighted by atomic mass is 15.2. The van der Waals surface area contributed by atoms with E-state index in [2.05, 4.69) is 16.5 Å². The van der Waals surface area contributed by atoms with Gasteiger partial charge in [0, 0.05) is 23.9 Å². The lowest BCUT2D eigenvalue weighted by atomic mass is 9.90. The Morgan fingerprint density at radius 2 is 2.16 bits per heavy atom. The lowest BCUT2D eigenvalue weighted by molar-refractivity contribution is 0.361. The SMILES string of the molecule is NNC(CCC1CCCC1)C1CCc2cccnc21. The molecular weight excluding hydrogens is 234 g/mol. The third-order valence-electron chi connectivity index (χ3n) is 5.06. The molecule has 1 saturated carbocycles. The first-order valence-corrected chi connectivity index (χ1v) is 7.78. The van der Waals surface area contributed by atoms with Crippen LogP contribution in [0.3, 0.4) is 0 Å². The molecule has 0 aliphatic heterocycles. The van der Waals surface area contributed by atoms with Crippen LogP contribution in [0, 0.1) is 5.92 Å². The van der Waals surface area contributed by atoms with E-state index in [4.69, 9.17) is 5.84 Å². The van der Waals surface area contributed by atoms with Crippen molar-refractivity contribution in [1.82, 2.24) is 10.4 Å². The minimum Gasteiger partial charge on any atom is -0.271 e. The van der Waals surface area contributed by atoms with Gasteiger partial charge in [-0.1, -0.05) is 31.7 Å². The van der Waals surface area contributed by atoms with Gasteiger partial charge in [-0.3, -0.25) is 16.3 Å². The Morgan fingerprint density at radius 1 is 1.32 bits per heavy atom. The van der Waals surface area contributed by atoms with Crippen LogP contribution in [0.1, 0.15) is 62.1 Å². The fourth-order valence-corrected chi connectivity index (χ4v) is 3.95. The highest BCUT2D eigenvalue weighted by Crippen LogP contribution is 2.36. The van der Waals surface area contributed by atoms with Crippen molar-refractivity contribution in [2.75, 3.05) is 0 Å². The fraction of sp³-hybridized carbons (Fsp3) is 0.688. The van der Waals surface area contributed by atoms with Gasteiger partial charge >= 0.3 is 0 Å². The van der Waals surface area contributed by atoms with Gasteiger partial charge in [0.1, 0.15) is 0 Å². The molecule has 0 spiro atoms. The molecule has 1 fully saturated rings. The number of hydrogen-bond acceptors (Lipinski definition) is 3. The van der Waals surface area contributed by atoms with Gasteiger partial charge in [-0.2, -0.15) is 0 Å². The molecule has 3 rings (SSSR count). The zero-order valence-electron chi connectivity index (χ0n) is 11.6. The summed E-state index contributed by atoms with van der Waals surface area (Å²) in [5.74, 6) is 7.28. The van der Waals surface area contributed by atoms with Gasteiger partial charge in [0.15, 0.2) is 0 Å². The molecular formula is C16H25N3. The molecule has 3 nitrogen and oxygen atoms in total. The van der Waals surface area contributed by atoms with Crippen LogP contribution in [0.4, 0.5) is 0 Å². The van der Waals surface area contributed by atoms with Gasteiger partial charge in [0.25, 0.3) is 0 Å². The summed E-state index contributed by atoms with van der Waals surface area (Å²) in [5.41, 5.74) is 5.78. The van der Waals surface area contributed by atoms with Crippen molar-refractivity contribution in [3.05, 3.63) is 29.6 Å². The molecule has 2 aliphatic rings. The maximum atomic E-state index is 5.82. The number of aryl methyl sites for hydroxylation is 1. The molecule has 2 atom stereocenters. The fourth-order valence-electron chi connectivity index (χ4n) is 3.95. The summed E-state index contributed by atoms with van der Waals surface area (Å²) in [6, 6.07) is 4.66. The highest BCUT2D eigenvalue weighted by Gasteiger charge is 2.30. The number of nitrogens with two attached hydrogens (primary N) is 1. The first-order chi connectivity index (χ1) is 9.38. The number of fused-ring (bicyclic) bond motifs is 1. The van der Waals surface area contributed by atoms with Crippen LogP contribution in [-0.2, 0) is 6.42 Å². The van der Waals surface area contributed by atoms with Crippen molar-refractivity contribution >= 4 is 0 Å². The number of pyridine rings is 1. The Morgan fingerprint density at radius 3 is 2.95 bits per heavy atom. The lowest BCUT2D eigenvalue weighted by Crippen LogP contribution is -2.39. The van der Waals surface area contributed by atoms with Crippen molar-refractivity contribution in [2.45, 2.75) is 63.3 Å². The molecule has 0 aromatic carbocycles. The predicted octanol–water partition coefficient (Wildman–Crippen LogP) is 2.91. The standard InChI is InChI=1S/C16H25N3/c17-19-15(10-7-12-4-1-2-5-12)14-9-8-13-6-3-11-18-16(13)14/h3,6,11-12,14-15,19H,1-2,4-5,7-10,17H2. The average molecular weight is 259 g/mol. The highest BCUT2D eigenvalue weighted by molar-refractivity contribution is 5.29. The third kappa shape index (κ3) is 2.82. The minimum atomic E-state index is 0.400. The van der Waals surface area contributed by atoms with E-state index in [9.17, 15) is 0 Å². The second-order valence-electron chi connectivity index (χ2n) is 6.19. The van der Waals surface area contributed by atoms with E-state index < -0.39 is 0 Å². The van der Waals surface area contributed by atoms with Gasteiger partial charge in [-0.15, -0.1) is 0 Å². The summed E-state index contributed by atoms with van der Waals surface area (Å²) in [6.07, 6.45) is 12.5. The summed E-state index contributed by atoms with van der Waals surface area (Å²) >= 11 is 0. The van der Waals surface area contributed by atoms with Crippen molar-refractivity contribution in [2.24, 2.45) is 11.8 Å². The van der Waals surface area contributed by atoms with Gasteiger partial charge in [0.05, 0.1) is 0 Å². The predicted molar refractivity (Wildman–Crippen MR) is 77.6 cm³/mol. The largest absolute Gasteiger partial charge is 0.271 e. The minimum absolute atomic E-state index is 0.400. The summed E-state index contributed by atoms with van der Waals surface area (Å²) in [4.78, 5) is 4.59. The Hall–Kier alpha value is -0.930. The molecule has 0 amide bonds. The van der Waals surface area contributed by atoms with Gasteiger partial charge in [0.2, 0.25) is 0 Å². The maximum absolute atomic E-state index is 5.82. The first-order valence-electron chi connectivity index (χ1n) is 7.78. The first kappa shape index (κ1) is 13.1. The van der Waals surface area contributed by atoms with E-state index in [-0.39, 0.29) is 0 Å². The summed E-state index contributed by atoms with van der Waals surface area (Å²) < 4.78 is 0. The molecule has 3 N–H and O–H groups in total. The number of rotatable bonds is 5. The summed E-state index contributed by atoms with van der Waals surface area (Å²) in [6.45, 7) is 0. The zero-order chi connectivity index (χ0) is 13.1. The zero-order valence-corrected chi connectivity index (χ0v) is 11.6. The number of nitrogens with one attached hydrogen (secondary N) is 1. The van der Waals surface area contributed by atoms with E-state index in [1.54, 1.807) is 0 Å². The van der Waals surface area contributed by atoms with Crippen molar-refractivity contribution in [3.8, 4) is 0 Å². The van der Waals surface area contributed by atoms with Gasteiger partial charge in [-0.05, 0) is 43.2 Å². The van der Waals surface area contributed by atoms with Gasteiger partial charge < -0.3 is 0 Å². The molecule has 19 heavy (non-hydrogen) atoms. The van der Waals surface area contributed by atoms with E-state index in [0.717, 1.165) is 12.3 Å². The second-order valence-corrected chi connectivity index (χ2v) is 6.19. The number of nitrogens with zero attached hydrogens (tertiary/aromatic N) is 1. The Labute approximate surface area is 116 Å². The molecule has 3 heteroatoms. The van der Waals surface area contributed by atoms with E-state index >= 15 is 0 Å². The van der Waals surface area contributed by atoms with Crippen molar-refractivity contribution in [1.29, 1.82) is 0 Å². The van der Waals surface area contributed by atoms with Crippen LogP contribution in [0.2, 0.25) is 0 Å². The van der Waals surface area contributed by atoms with Crippen LogP contribution < -0.4 is 11.3 Å². The Bertz CT molecular complexity index is 412. The van der Waals surface area contributed by atoms with Crippen LogP contribution in [0.5, 0.6) is 0 Å².